The molecule has 250 valence electrons. The second-order valence-electron chi connectivity index (χ2n) is 11.5. The molecule has 1 aliphatic rings. The van der Waals surface area contributed by atoms with Crippen LogP contribution in [0.2, 0.25) is 0 Å². The molecule has 48 heavy (non-hydrogen) atoms. The van der Waals surface area contributed by atoms with Gasteiger partial charge >= 0.3 is 16.1 Å². The first kappa shape index (κ1) is 34.5. The summed E-state index contributed by atoms with van der Waals surface area (Å²) >= 11 is 1.20. The van der Waals surface area contributed by atoms with Gasteiger partial charge in [0.1, 0.15) is 10.6 Å². The van der Waals surface area contributed by atoms with Crippen molar-refractivity contribution >= 4 is 39.2 Å². The summed E-state index contributed by atoms with van der Waals surface area (Å²) in [6, 6.07) is 16.7. The molecule has 13 heteroatoms. The predicted octanol–water partition coefficient (Wildman–Crippen LogP) is 5.69. The number of ether oxygens (including phenoxy) is 1. The Bertz CT molecular complexity index is 2200. The van der Waals surface area contributed by atoms with Crippen LogP contribution >= 0.6 is 11.3 Å². The van der Waals surface area contributed by atoms with Crippen molar-refractivity contribution in [2.45, 2.75) is 64.3 Å². The molecule has 0 N–H and O–H groups in total. The van der Waals surface area contributed by atoms with E-state index in [0.717, 1.165) is 23.6 Å². The number of aryl methyl sites for hydroxylation is 1. The lowest BCUT2D eigenvalue weighted by Gasteiger charge is -2.26. The number of benzene rings is 3. The Morgan fingerprint density at radius 3 is 2.38 bits per heavy atom. The Morgan fingerprint density at radius 1 is 1.08 bits per heavy atom. The first-order valence-electron chi connectivity index (χ1n) is 15.5. The lowest BCUT2D eigenvalue weighted by Crippen LogP contribution is -2.40. The fourth-order valence-corrected chi connectivity index (χ4v) is 7.36. The SMILES string of the molecule is CCCC1=C(C(=O)OCC)[C@@H](c2ccc(C(C)C)cc2)n2c(s/c(=C\c3ccc(OS(=O)(=O)c4ccc(C)c([N+](=O)[O-])c4)cc3)c2=O)=N1. The molecule has 0 amide bonds. The number of carbonyl (C=O) groups is 1. The monoisotopic (exact) mass is 689 g/mol. The van der Waals surface area contributed by atoms with E-state index in [4.69, 9.17) is 13.9 Å². The quantitative estimate of drug-likeness (QED) is 0.0845. The van der Waals surface area contributed by atoms with Gasteiger partial charge in [-0.05, 0) is 67.2 Å². The smallest absolute Gasteiger partial charge is 0.339 e. The third-order valence-electron chi connectivity index (χ3n) is 7.86. The fraction of sp³-hybridized carbons (Fsp3) is 0.286. The van der Waals surface area contributed by atoms with Crippen LogP contribution in [0.4, 0.5) is 5.69 Å². The van der Waals surface area contributed by atoms with Crippen LogP contribution in [-0.4, -0.2) is 30.5 Å². The van der Waals surface area contributed by atoms with E-state index in [1.54, 1.807) is 25.1 Å². The van der Waals surface area contributed by atoms with Crippen LogP contribution in [0.25, 0.3) is 6.08 Å². The molecule has 5 rings (SSSR count). The van der Waals surface area contributed by atoms with E-state index in [2.05, 4.69) is 13.8 Å². The standard InChI is InChI=1S/C35H35N3O8S2/c1-6-8-28-31(34(40)45-7-2)32(25-14-12-24(13-15-25)21(3)4)37-33(39)30(47-35(37)36-28)19-23-10-16-26(17-11-23)46-48(43,44)27-18-9-22(5)29(20-27)38(41)42/h9-21,32H,6-8H2,1-5H3/b30-19-/t32-/m1/s1. The van der Waals surface area contributed by atoms with Crippen LogP contribution in [0.15, 0.2) is 92.7 Å². The molecular weight excluding hydrogens is 655 g/mol. The number of aromatic nitrogens is 1. The van der Waals surface area contributed by atoms with Crippen molar-refractivity contribution in [3.8, 4) is 5.75 Å². The number of hydrogen-bond donors (Lipinski definition) is 0. The number of esters is 1. The van der Waals surface area contributed by atoms with Crippen molar-refractivity contribution in [3.63, 3.8) is 0 Å². The van der Waals surface area contributed by atoms with Crippen LogP contribution in [0.1, 0.15) is 74.8 Å². The number of hydrogen-bond acceptors (Lipinski definition) is 10. The first-order chi connectivity index (χ1) is 22.8. The van der Waals surface area contributed by atoms with E-state index in [0.29, 0.717) is 44.1 Å². The Morgan fingerprint density at radius 2 is 1.77 bits per heavy atom. The zero-order valence-corrected chi connectivity index (χ0v) is 28.8. The van der Waals surface area contributed by atoms with Crippen molar-refractivity contribution in [2.24, 2.45) is 4.99 Å². The summed E-state index contributed by atoms with van der Waals surface area (Å²) in [5.41, 5.74) is 3.07. The molecule has 0 fully saturated rings. The average Bonchev–Trinajstić information content (AvgIpc) is 3.35. The van der Waals surface area contributed by atoms with Crippen molar-refractivity contribution in [2.75, 3.05) is 6.61 Å². The minimum Gasteiger partial charge on any atom is -0.463 e. The molecule has 0 bridgehead atoms. The van der Waals surface area contributed by atoms with Gasteiger partial charge in [-0.25, -0.2) is 9.79 Å². The van der Waals surface area contributed by atoms with Gasteiger partial charge in [0, 0.05) is 11.6 Å². The van der Waals surface area contributed by atoms with Crippen LogP contribution in [0.3, 0.4) is 0 Å². The minimum absolute atomic E-state index is 0.00929. The van der Waals surface area contributed by atoms with Crippen molar-refractivity contribution in [1.82, 2.24) is 4.57 Å². The molecule has 3 aromatic carbocycles. The number of fused-ring (bicyclic) bond motifs is 1. The van der Waals surface area contributed by atoms with E-state index < -0.39 is 27.1 Å². The second-order valence-corrected chi connectivity index (χ2v) is 14.1. The lowest BCUT2D eigenvalue weighted by atomic mass is 9.92. The molecule has 4 aromatic rings. The highest BCUT2D eigenvalue weighted by molar-refractivity contribution is 7.87. The number of allylic oxidation sites excluding steroid dienone is 1. The zero-order valence-electron chi connectivity index (χ0n) is 27.1. The van der Waals surface area contributed by atoms with Crippen LogP contribution in [-0.2, 0) is 19.6 Å². The summed E-state index contributed by atoms with van der Waals surface area (Å²) in [4.78, 5) is 43.0. The summed E-state index contributed by atoms with van der Waals surface area (Å²) in [7, 11) is -4.35. The van der Waals surface area contributed by atoms with Crippen molar-refractivity contribution in [3.05, 3.63) is 130 Å². The molecule has 0 saturated heterocycles. The molecule has 1 atom stereocenters. The van der Waals surface area contributed by atoms with Crippen molar-refractivity contribution in [1.29, 1.82) is 0 Å². The number of carbonyl (C=O) groups excluding carboxylic acids is 1. The largest absolute Gasteiger partial charge is 0.463 e. The summed E-state index contributed by atoms with van der Waals surface area (Å²) in [6.07, 6.45) is 2.93. The molecule has 0 saturated carbocycles. The van der Waals surface area contributed by atoms with Gasteiger partial charge < -0.3 is 8.92 Å². The van der Waals surface area contributed by atoms with Gasteiger partial charge in [0.05, 0.1) is 33.4 Å². The van der Waals surface area contributed by atoms with Crippen LogP contribution in [0, 0.1) is 17.0 Å². The summed E-state index contributed by atoms with van der Waals surface area (Å²) in [6.45, 7) is 9.61. The Balaban J connectivity index is 1.54. The third-order valence-corrected chi connectivity index (χ3v) is 10.1. The molecular formula is C35H35N3O8S2. The number of nitro groups is 1. The zero-order chi connectivity index (χ0) is 34.7. The third kappa shape index (κ3) is 7.02. The minimum atomic E-state index is -4.35. The van der Waals surface area contributed by atoms with E-state index in [1.807, 2.05) is 31.2 Å². The number of nitrogens with zero attached hydrogens (tertiary/aromatic N) is 3. The van der Waals surface area contributed by atoms with Gasteiger partial charge in [0.15, 0.2) is 4.80 Å². The molecule has 1 aromatic heterocycles. The van der Waals surface area contributed by atoms with Gasteiger partial charge in [-0.15, -0.1) is 0 Å². The van der Waals surface area contributed by atoms with E-state index >= 15 is 0 Å². The topological polar surface area (TPSA) is 147 Å². The summed E-state index contributed by atoms with van der Waals surface area (Å²) in [5.74, 6) is -0.217. The highest BCUT2D eigenvalue weighted by Crippen LogP contribution is 2.33. The second kappa shape index (κ2) is 14.1. The molecule has 2 heterocycles. The van der Waals surface area contributed by atoms with Gasteiger partial charge in [-0.1, -0.05) is 81.0 Å². The van der Waals surface area contributed by atoms with Crippen LogP contribution in [0.5, 0.6) is 5.75 Å². The summed E-state index contributed by atoms with van der Waals surface area (Å²) < 4.78 is 38.3. The van der Waals surface area contributed by atoms with E-state index in [-0.39, 0.29) is 28.5 Å². The maximum atomic E-state index is 14.0. The van der Waals surface area contributed by atoms with Gasteiger partial charge in [0.2, 0.25) is 0 Å². The Kier molecular flexibility index (Phi) is 10.1. The molecule has 0 radical (unpaired) electrons. The van der Waals surface area contributed by atoms with Crippen molar-refractivity contribution < 1.29 is 27.1 Å². The highest BCUT2D eigenvalue weighted by atomic mass is 32.2. The molecule has 11 nitrogen and oxygen atoms in total. The maximum absolute atomic E-state index is 14.0. The summed E-state index contributed by atoms with van der Waals surface area (Å²) in [5, 5.41) is 11.3. The molecule has 0 aliphatic carbocycles. The molecule has 0 unspecified atom stereocenters. The van der Waals surface area contributed by atoms with Gasteiger partial charge in [0.25, 0.3) is 11.2 Å². The molecule has 0 spiro atoms. The predicted molar refractivity (Wildman–Crippen MR) is 182 cm³/mol. The fourth-order valence-electron chi connectivity index (χ4n) is 5.39. The number of rotatable bonds is 11. The Hall–Kier alpha value is -4.88. The highest BCUT2D eigenvalue weighted by Gasteiger charge is 2.34. The van der Waals surface area contributed by atoms with Gasteiger partial charge in [-0.3, -0.25) is 19.5 Å². The van der Waals surface area contributed by atoms with E-state index in [9.17, 15) is 28.1 Å². The Labute approximate surface area is 281 Å². The van der Waals surface area contributed by atoms with Gasteiger partial charge in [-0.2, -0.15) is 8.42 Å². The lowest BCUT2D eigenvalue weighted by molar-refractivity contribution is -0.385. The number of thiazole rings is 1. The van der Waals surface area contributed by atoms with E-state index in [1.165, 1.54) is 47.1 Å². The first-order valence-corrected chi connectivity index (χ1v) is 17.7. The average molecular weight is 690 g/mol. The number of nitro benzene ring substituents is 1. The molecule has 1 aliphatic heterocycles. The van der Waals surface area contributed by atoms with Crippen LogP contribution < -0.4 is 19.1 Å². The normalized spacial score (nSPS) is 14.9. The maximum Gasteiger partial charge on any atom is 0.339 e.